The molecule has 0 aliphatic heterocycles. The molecule has 2 rings (SSSR count). The van der Waals surface area contributed by atoms with Crippen LogP contribution in [0, 0.1) is 19.3 Å². The maximum atomic E-state index is 6.42. The summed E-state index contributed by atoms with van der Waals surface area (Å²) in [6, 6.07) is 6.63. The van der Waals surface area contributed by atoms with Gasteiger partial charge in [-0.05, 0) is 44.4 Å². The molecule has 0 heterocycles. The van der Waals surface area contributed by atoms with Crippen molar-refractivity contribution in [2.45, 2.75) is 39.2 Å². The van der Waals surface area contributed by atoms with Crippen molar-refractivity contribution >= 4 is 0 Å². The number of aryl methyl sites for hydroxylation is 2. The first-order valence-corrected chi connectivity index (χ1v) is 6.12. The largest absolute Gasteiger partial charge is 0.330 e. The van der Waals surface area contributed by atoms with E-state index in [-0.39, 0.29) is 11.5 Å². The first-order chi connectivity index (χ1) is 7.59. The molecule has 0 radical (unpaired) electrons. The van der Waals surface area contributed by atoms with Gasteiger partial charge in [-0.25, -0.2) is 0 Å². The van der Waals surface area contributed by atoms with Crippen LogP contribution < -0.4 is 11.5 Å². The summed E-state index contributed by atoms with van der Waals surface area (Å²) in [7, 11) is 0. The minimum Gasteiger partial charge on any atom is -0.330 e. The summed E-state index contributed by atoms with van der Waals surface area (Å²) in [6.07, 6.45) is 3.63. The van der Waals surface area contributed by atoms with Gasteiger partial charge in [0.1, 0.15) is 0 Å². The summed E-state index contributed by atoms with van der Waals surface area (Å²) in [5.74, 6) is 0. The van der Waals surface area contributed by atoms with Gasteiger partial charge < -0.3 is 11.5 Å². The van der Waals surface area contributed by atoms with Gasteiger partial charge in [-0.2, -0.15) is 0 Å². The number of nitrogens with two attached hydrogens (primary N) is 2. The molecule has 4 N–H and O–H groups in total. The van der Waals surface area contributed by atoms with Crippen LogP contribution in [0.25, 0.3) is 0 Å². The predicted octanol–water partition coefficient (Wildman–Crippen LogP) is 2.43. The van der Waals surface area contributed by atoms with E-state index in [0.29, 0.717) is 6.54 Å². The van der Waals surface area contributed by atoms with Gasteiger partial charge in [0.15, 0.2) is 0 Å². The van der Waals surface area contributed by atoms with E-state index in [9.17, 15) is 0 Å². The van der Waals surface area contributed by atoms with Crippen molar-refractivity contribution in [3.63, 3.8) is 0 Å². The van der Waals surface area contributed by atoms with Gasteiger partial charge in [-0.3, -0.25) is 0 Å². The summed E-state index contributed by atoms with van der Waals surface area (Å²) in [5.41, 5.74) is 16.4. The molecule has 0 bridgehead atoms. The molecule has 1 aromatic carbocycles. The van der Waals surface area contributed by atoms with Crippen LogP contribution in [0.3, 0.4) is 0 Å². The summed E-state index contributed by atoms with van der Waals surface area (Å²) in [6.45, 7) is 4.97. The zero-order chi connectivity index (χ0) is 11.8. The maximum Gasteiger partial charge on any atom is 0.0366 e. The highest BCUT2D eigenvalue weighted by atomic mass is 14.8. The Morgan fingerprint density at radius 1 is 1.31 bits per heavy atom. The number of hydrogen-bond donors (Lipinski definition) is 2. The highest BCUT2D eigenvalue weighted by molar-refractivity contribution is 5.34. The molecule has 1 unspecified atom stereocenters. The van der Waals surface area contributed by atoms with E-state index >= 15 is 0 Å². The highest BCUT2D eigenvalue weighted by Crippen LogP contribution is 2.48. The Bertz CT molecular complexity index is 375. The molecule has 1 atom stereocenters. The van der Waals surface area contributed by atoms with Crippen molar-refractivity contribution < 1.29 is 0 Å². The Kier molecular flexibility index (Phi) is 3.04. The van der Waals surface area contributed by atoms with Crippen LogP contribution in [0.4, 0.5) is 0 Å². The van der Waals surface area contributed by atoms with Crippen molar-refractivity contribution in [1.29, 1.82) is 0 Å². The van der Waals surface area contributed by atoms with Gasteiger partial charge in [0.25, 0.3) is 0 Å². The van der Waals surface area contributed by atoms with Crippen LogP contribution in [0.1, 0.15) is 42.0 Å². The maximum absolute atomic E-state index is 6.42. The van der Waals surface area contributed by atoms with E-state index in [1.54, 1.807) is 0 Å². The first kappa shape index (κ1) is 11.6. The Morgan fingerprint density at radius 3 is 2.44 bits per heavy atom. The van der Waals surface area contributed by atoms with Crippen LogP contribution in [0.2, 0.25) is 0 Å². The van der Waals surface area contributed by atoms with Gasteiger partial charge in [-0.1, -0.05) is 30.2 Å². The van der Waals surface area contributed by atoms with Crippen molar-refractivity contribution in [3.8, 4) is 0 Å². The SMILES string of the molecule is Cc1ccc(C(N)C2(CN)CCC2)c(C)c1. The molecular formula is C14H22N2. The molecule has 1 aliphatic rings. The Labute approximate surface area is 98.0 Å². The lowest BCUT2D eigenvalue weighted by Gasteiger charge is -2.46. The van der Waals surface area contributed by atoms with E-state index < -0.39 is 0 Å². The summed E-state index contributed by atoms with van der Waals surface area (Å²) >= 11 is 0. The quantitative estimate of drug-likeness (QED) is 0.818. The van der Waals surface area contributed by atoms with Gasteiger partial charge >= 0.3 is 0 Å². The average molecular weight is 218 g/mol. The molecule has 1 saturated carbocycles. The standard InChI is InChI=1S/C14H22N2/c1-10-4-5-12(11(2)8-10)13(16)14(9-15)6-3-7-14/h4-5,8,13H,3,6-7,9,15-16H2,1-2H3. The lowest BCUT2D eigenvalue weighted by Crippen LogP contribution is -2.46. The van der Waals surface area contributed by atoms with Crippen LogP contribution in [-0.2, 0) is 0 Å². The normalized spacial score (nSPS) is 20.2. The first-order valence-electron chi connectivity index (χ1n) is 6.12. The van der Waals surface area contributed by atoms with Crippen LogP contribution in [0.15, 0.2) is 18.2 Å². The molecular weight excluding hydrogens is 196 g/mol. The van der Waals surface area contributed by atoms with E-state index in [1.165, 1.54) is 36.0 Å². The molecule has 0 saturated heterocycles. The van der Waals surface area contributed by atoms with E-state index in [1.807, 2.05) is 0 Å². The fraction of sp³-hybridized carbons (Fsp3) is 0.571. The fourth-order valence-electron chi connectivity index (χ4n) is 2.78. The Morgan fingerprint density at radius 2 is 2.00 bits per heavy atom. The molecule has 0 aromatic heterocycles. The second-order valence-corrected chi connectivity index (χ2v) is 5.26. The second-order valence-electron chi connectivity index (χ2n) is 5.26. The highest BCUT2D eigenvalue weighted by Gasteiger charge is 2.42. The molecule has 2 heteroatoms. The Balaban J connectivity index is 2.29. The molecule has 0 spiro atoms. The van der Waals surface area contributed by atoms with Crippen molar-refractivity contribution in [3.05, 3.63) is 34.9 Å². The zero-order valence-corrected chi connectivity index (χ0v) is 10.3. The van der Waals surface area contributed by atoms with Crippen LogP contribution in [0.5, 0.6) is 0 Å². The van der Waals surface area contributed by atoms with Gasteiger partial charge in [0.2, 0.25) is 0 Å². The summed E-state index contributed by atoms with van der Waals surface area (Å²) in [5, 5.41) is 0. The predicted molar refractivity (Wildman–Crippen MR) is 68.2 cm³/mol. The molecule has 88 valence electrons. The van der Waals surface area contributed by atoms with Crippen LogP contribution in [-0.4, -0.2) is 6.54 Å². The fourth-order valence-corrected chi connectivity index (χ4v) is 2.78. The van der Waals surface area contributed by atoms with Crippen molar-refractivity contribution in [2.75, 3.05) is 6.54 Å². The lowest BCUT2D eigenvalue weighted by atomic mass is 9.62. The van der Waals surface area contributed by atoms with Gasteiger partial charge in [-0.15, -0.1) is 0 Å². The Hall–Kier alpha value is -0.860. The average Bonchev–Trinajstić information content (AvgIpc) is 2.16. The molecule has 1 aliphatic carbocycles. The summed E-state index contributed by atoms with van der Waals surface area (Å²) in [4.78, 5) is 0. The molecule has 1 fully saturated rings. The molecule has 1 aromatic rings. The molecule has 0 amide bonds. The smallest absolute Gasteiger partial charge is 0.0366 e. The number of rotatable bonds is 3. The van der Waals surface area contributed by atoms with Crippen molar-refractivity contribution in [2.24, 2.45) is 16.9 Å². The second kappa shape index (κ2) is 4.19. The van der Waals surface area contributed by atoms with Gasteiger partial charge in [0.05, 0.1) is 0 Å². The molecule has 16 heavy (non-hydrogen) atoms. The number of hydrogen-bond acceptors (Lipinski definition) is 2. The third kappa shape index (κ3) is 1.76. The molecule has 2 nitrogen and oxygen atoms in total. The minimum atomic E-state index is 0.104. The third-order valence-electron chi connectivity index (χ3n) is 4.18. The summed E-state index contributed by atoms with van der Waals surface area (Å²) < 4.78 is 0. The van der Waals surface area contributed by atoms with E-state index in [0.717, 1.165) is 0 Å². The third-order valence-corrected chi connectivity index (χ3v) is 4.18. The van der Waals surface area contributed by atoms with E-state index in [4.69, 9.17) is 11.5 Å². The lowest BCUT2D eigenvalue weighted by molar-refractivity contribution is 0.104. The minimum absolute atomic E-state index is 0.104. The van der Waals surface area contributed by atoms with Crippen molar-refractivity contribution in [1.82, 2.24) is 0 Å². The van der Waals surface area contributed by atoms with Crippen LogP contribution >= 0.6 is 0 Å². The monoisotopic (exact) mass is 218 g/mol. The topological polar surface area (TPSA) is 52.0 Å². The number of benzene rings is 1. The van der Waals surface area contributed by atoms with Gasteiger partial charge in [0, 0.05) is 11.5 Å². The zero-order valence-electron chi connectivity index (χ0n) is 10.3. The van der Waals surface area contributed by atoms with E-state index in [2.05, 4.69) is 32.0 Å².